The highest BCUT2D eigenvalue weighted by molar-refractivity contribution is 5.87. The van der Waals surface area contributed by atoms with E-state index in [1.165, 1.54) is 0 Å². The van der Waals surface area contributed by atoms with Gasteiger partial charge >= 0.3 is 0 Å². The molecule has 0 spiro atoms. The van der Waals surface area contributed by atoms with E-state index in [1.54, 1.807) is 6.20 Å². The van der Waals surface area contributed by atoms with Gasteiger partial charge in [-0.25, -0.2) is 0 Å². The summed E-state index contributed by atoms with van der Waals surface area (Å²) >= 11 is 0. The summed E-state index contributed by atoms with van der Waals surface area (Å²) in [6.07, 6.45) is 4.37. The summed E-state index contributed by atoms with van der Waals surface area (Å²) < 4.78 is 0. The molecule has 0 aliphatic heterocycles. The summed E-state index contributed by atoms with van der Waals surface area (Å²) in [5.41, 5.74) is 12.7. The highest BCUT2D eigenvalue weighted by atomic mass is 16.2. The maximum absolute atomic E-state index is 11.9. The van der Waals surface area contributed by atoms with Crippen molar-refractivity contribution in [2.75, 3.05) is 0 Å². The molecule has 1 aliphatic rings. The smallest absolute Gasteiger partial charge is 0.237 e. The molecule has 0 aromatic carbocycles. The van der Waals surface area contributed by atoms with Gasteiger partial charge in [0.05, 0.1) is 24.2 Å². The minimum Gasteiger partial charge on any atom is -0.370 e. The Hall–Kier alpha value is -1.95. The molecule has 0 saturated heterocycles. The van der Waals surface area contributed by atoms with E-state index >= 15 is 0 Å². The van der Waals surface area contributed by atoms with E-state index in [9.17, 15) is 9.59 Å². The first-order valence-corrected chi connectivity index (χ1v) is 6.36. The molecule has 6 heteroatoms. The Labute approximate surface area is 111 Å². The van der Waals surface area contributed by atoms with Gasteiger partial charge in [-0.1, -0.05) is 6.07 Å². The molecule has 1 aromatic heterocycles. The predicted molar refractivity (Wildman–Crippen MR) is 69.8 cm³/mol. The second-order valence-electron chi connectivity index (χ2n) is 4.78. The van der Waals surface area contributed by atoms with Gasteiger partial charge in [0.15, 0.2) is 0 Å². The lowest BCUT2D eigenvalue weighted by Crippen LogP contribution is -2.45. The molecule has 19 heavy (non-hydrogen) atoms. The Balaban J connectivity index is 2.04. The molecule has 0 fully saturated rings. The Morgan fingerprint density at radius 1 is 1.53 bits per heavy atom. The number of carbonyl (C=O) groups is 2. The molecule has 2 amide bonds. The van der Waals surface area contributed by atoms with Crippen molar-refractivity contribution in [3.05, 3.63) is 29.6 Å². The van der Waals surface area contributed by atoms with Gasteiger partial charge in [-0.2, -0.15) is 0 Å². The number of nitrogens with two attached hydrogens (primary N) is 2. The molecular formula is C13H18N4O2. The first kappa shape index (κ1) is 13.5. The second-order valence-corrected chi connectivity index (χ2v) is 4.78. The van der Waals surface area contributed by atoms with Gasteiger partial charge in [-0.3, -0.25) is 14.6 Å². The van der Waals surface area contributed by atoms with Crippen LogP contribution in [0.3, 0.4) is 0 Å². The van der Waals surface area contributed by atoms with Gasteiger partial charge < -0.3 is 16.8 Å². The van der Waals surface area contributed by atoms with Crippen LogP contribution in [0.1, 0.15) is 36.6 Å². The number of hydrogen-bond donors (Lipinski definition) is 3. The predicted octanol–water partition coefficient (Wildman–Crippen LogP) is -0.222. The van der Waals surface area contributed by atoms with Crippen LogP contribution in [0.4, 0.5) is 0 Å². The van der Waals surface area contributed by atoms with Crippen molar-refractivity contribution in [2.24, 2.45) is 11.5 Å². The van der Waals surface area contributed by atoms with E-state index in [2.05, 4.69) is 10.3 Å². The van der Waals surface area contributed by atoms with Crippen molar-refractivity contribution in [3.63, 3.8) is 0 Å². The average Bonchev–Trinajstić information content (AvgIpc) is 2.38. The molecule has 102 valence electrons. The van der Waals surface area contributed by atoms with E-state index in [4.69, 9.17) is 11.5 Å². The van der Waals surface area contributed by atoms with Crippen LogP contribution >= 0.6 is 0 Å². The topological polar surface area (TPSA) is 111 Å². The van der Waals surface area contributed by atoms with Crippen LogP contribution in [0.5, 0.6) is 0 Å². The largest absolute Gasteiger partial charge is 0.370 e. The van der Waals surface area contributed by atoms with Crippen LogP contribution in [0.25, 0.3) is 0 Å². The zero-order valence-electron chi connectivity index (χ0n) is 10.6. The van der Waals surface area contributed by atoms with Gasteiger partial charge in [0.1, 0.15) is 0 Å². The number of primary amides is 1. The number of nitrogens with zero attached hydrogens (tertiary/aromatic N) is 1. The summed E-state index contributed by atoms with van der Waals surface area (Å²) in [4.78, 5) is 27.0. The van der Waals surface area contributed by atoms with Gasteiger partial charge in [-0.05, 0) is 30.9 Å². The fourth-order valence-electron chi connectivity index (χ4n) is 2.34. The Kier molecular flexibility index (Phi) is 4.11. The maximum Gasteiger partial charge on any atom is 0.237 e. The third-order valence-electron chi connectivity index (χ3n) is 3.27. The van der Waals surface area contributed by atoms with E-state index in [0.717, 1.165) is 30.5 Å². The SMILES string of the molecule is NC(=O)C[C@H](N)C(=O)NC1CCCc2cccnc21. The van der Waals surface area contributed by atoms with E-state index in [1.807, 2.05) is 12.1 Å². The monoisotopic (exact) mass is 262 g/mol. The quantitative estimate of drug-likeness (QED) is 0.696. The highest BCUT2D eigenvalue weighted by Crippen LogP contribution is 2.27. The molecule has 1 aromatic rings. The van der Waals surface area contributed by atoms with Crippen molar-refractivity contribution < 1.29 is 9.59 Å². The second kappa shape index (κ2) is 5.79. The van der Waals surface area contributed by atoms with Gasteiger partial charge in [-0.15, -0.1) is 0 Å². The molecular weight excluding hydrogens is 244 g/mol. The number of aromatic nitrogens is 1. The number of nitrogens with one attached hydrogen (secondary N) is 1. The van der Waals surface area contributed by atoms with E-state index < -0.39 is 11.9 Å². The minimum absolute atomic E-state index is 0.128. The lowest BCUT2D eigenvalue weighted by Gasteiger charge is -2.26. The van der Waals surface area contributed by atoms with Crippen molar-refractivity contribution in [3.8, 4) is 0 Å². The molecule has 0 saturated carbocycles. The highest BCUT2D eigenvalue weighted by Gasteiger charge is 2.25. The van der Waals surface area contributed by atoms with Crippen LogP contribution in [-0.2, 0) is 16.0 Å². The molecule has 6 nitrogen and oxygen atoms in total. The molecule has 0 radical (unpaired) electrons. The molecule has 2 rings (SSSR count). The lowest BCUT2D eigenvalue weighted by molar-refractivity contribution is -0.127. The van der Waals surface area contributed by atoms with Crippen molar-refractivity contribution in [1.29, 1.82) is 0 Å². The molecule has 1 aliphatic carbocycles. The molecule has 0 bridgehead atoms. The third-order valence-corrected chi connectivity index (χ3v) is 3.27. The van der Waals surface area contributed by atoms with Crippen LogP contribution in [0.15, 0.2) is 18.3 Å². The van der Waals surface area contributed by atoms with Crippen molar-refractivity contribution in [2.45, 2.75) is 37.8 Å². The number of aryl methyl sites for hydroxylation is 1. The molecule has 1 unspecified atom stereocenters. The maximum atomic E-state index is 11.9. The standard InChI is InChI=1S/C13H18N4O2/c14-9(7-11(15)18)13(19)17-10-5-1-3-8-4-2-6-16-12(8)10/h2,4,6,9-10H,1,3,5,7,14H2,(H2,15,18)(H,17,19)/t9-,10?/m0/s1. The number of pyridine rings is 1. The summed E-state index contributed by atoms with van der Waals surface area (Å²) in [6, 6.07) is 2.88. The fraction of sp³-hybridized carbons (Fsp3) is 0.462. The number of fused-ring (bicyclic) bond motifs is 1. The minimum atomic E-state index is -0.897. The third kappa shape index (κ3) is 3.29. The Morgan fingerprint density at radius 2 is 2.32 bits per heavy atom. The van der Waals surface area contributed by atoms with Crippen LogP contribution in [0.2, 0.25) is 0 Å². The summed E-state index contributed by atoms with van der Waals surface area (Å²) in [5, 5.41) is 2.85. The number of hydrogen-bond acceptors (Lipinski definition) is 4. The first-order chi connectivity index (χ1) is 9.08. The lowest BCUT2D eigenvalue weighted by atomic mass is 9.91. The summed E-state index contributed by atoms with van der Waals surface area (Å²) in [7, 11) is 0. The van der Waals surface area contributed by atoms with Crippen molar-refractivity contribution >= 4 is 11.8 Å². The molecule has 2 atom stereocenters. The van der Waals surface area contributed by atoms with Gasteiger partial charge in [0.2, 0.25) is 11.8 Å². The Bertz CT molecular complexity index is 489. The van der Waals surface area contributed by atoms with Gasteiger partial charge in [0, 0.05) is 6.20 Å². The Morgan fingerprint density at radius 3 is 3.05 bits per heavy atom. The van der Waals surface area contributed by atoms with E-state index in [0.29, 0.717) is 0 Å². The zero-order chi connectivity index (χ0) is 13.8. The van der Waals surface area contributed by atoms with Gasteiger partial charge in [0.25, 0.3) is 0 Å². The summed E-state index contributed by atoms with van der Waals surface area (Å²) in [5.74, 6) is -0.938. The number of amides is 2. The summed E-state index contributed by atoms with van der Waals surface area (Å²) in [6.45, 7) is 0. The first-order valence-electron chi connectivity index (χ1n) is 6.36. The van der Waals surface area contributed by atoms with Crippen LogP contribution in [-0.4, -0.2) is 22.8 Å². The average molecular weight is 262 g/mol. The normalized spacial score (nSPS) is 19.3. The van der Waals surface area contributed by atoms with Crippen LogP contribution < -0.4 is 16.8 Å². The molecule has 1 heterocycles. The number of rotatable bonds is 4. The molecule has 5 N–H and O–H groups in total. The fourth-order valence-corrected chi connectivity index (χ4v) is 2.34. The van der Waals surface area contributed by atoms with E-state index in [-0.39, 0.29) is 18.4 Å². The zero-order valence-corrected chi connectivity index (χ0v) is 10.6. The van der Waals surface area contributed by atoms with Crippen molar-refractivity contribution in [1.82, 2.24) is 10.3 Å². The number of carbonyl (C=O) groups excluding carboxylic acids is 2. The van der Waals surface area contributed by atoms with Crippen LogP contribution in [0, 0.1) is 0 Å².